The van der Waals surface area contributed by atoms with Gasteiger partial charge in [0.1, 0.15) is 5.69 Å². The van der Waals surface area contributed by atoms with E-state index < -0.39 is 0 Å². The van der Waals surface area contributed by atoms with Crippen molar-refractivity contribution in [3.05, 3.63) is 77.0 Å². The number of rotatable bonds is 4. The molecule has 1 amide bonds. The van der Waals surface area contributed by atoms with E-state index in [0.29, 0.717) is 5.69 Å². The van der Waals surface area contributed by atoms with E-state index in [2.05, 4.69) is 66.3 Å². The van der Waals surface area contributed by atoms with E-state index in [-0.39, 0.29) is 5.91 Å². The molecule has 1 aliphatic rings. The maximum atomic E-state index is 13.1. The Labute approximate surface area is 172 Å². The number of amides is 1. The van der Waals surface area contributed by atoms with Crippen molar-refractivity contribution in [1.82, 2.24) is 19.6 Å². The number of carbonyl (C=O) groups is 1. The van der Waals surface area contributed by atoms with E-state index >= 15 is 0 Å². The molecule has 1 fully saturated rings. The van der Waals surface area contributed by atoms with Crippen molar-refractivity contribution in [2.75, 3.05) is 26.2 Å². The molecule has 0 radical (unpaired) electrons. The minimum Gasteiger partial charge on any atom is -0.335 e. The van der Waals surface area contributed by atoms with Crippen LogP contribution in [0.2, 0.25) is 0 Å². The Hall–Kier alpha value is -2.92. The van der Waals surface area contributed by atoms with Crippen LogP contribution in [0.5, 0.6) is 0 Å². The van der Waals surface area contributed by atoms with Gasteiger partial charge in [0.2, 0.25) is 0 Å². The first-order valence-electron chi connectivity index (χ1n) is 10.2. The lowest BCUT2D eigenvalue weighted by molar-refractivity contribution is 0.0618. The van der Waals surface area contributed by atoms with Crippen LogP contribution in [0.1, 0.15) is 27.2 Å². The van der Waals surface area contributed by atoms with Crippen molar-refractivity contribution in [1.29, 1.82) is 0 Å². The van der Waals surface area contributed by atoms with Gasteiger partial charge in [-0.3, -0.25) is 14.4 Å². The third-order valence-corrected chi connectivity index (χ3v) is 5.81. The highest BCUT2D eigenvalue weighted by Gasteiger charge is 2.25. The Morgan fingerprint density at radius 2 is 1.66 bits per heavy atom. The number of nitrogens with zero attached hydrogens (tertiary/aromatic N) is 4. The van der Waals surface area contributed by atoms with Crippen molar-refractivity contribution in [3.63, 3.8) is 0 Å². The van der Waals surface area contributed by atoms with Crippen LogP contribution < -0.4 is 0 Å². The smallest absolute Gasteiger partial charge is 0.272 e. The van der Waals surface area contributed by atoms with Crippen LogP contribution in [0.3, 0.4) is 0 Å². The quantitative estimate of drug-likeness (QED) is 0.685. The number of benzene rings is 2. The summed E-state index contributed by atoms with van der Waals surface area (Å²) in [6.07, 6.45) is 0. The zero-order valence-corrected chi connectivity index (χ0v) is 17.4. The molecule has 0 bridgehead atoms. The molecule has 2 aromatic carbocycles. The SMILES string of the molecule is Cc1ccc(-c2cc(C(=O)N3CCN(Cc4ccccc4)CC3)n(C)n2)cc1C. The summed E-state index contributed by atoms with van der Waals surface area (Å²) in [5.74, 6) is 0.0643. The summed E-state index contributed by atoms with van der Waals surface area (Å²) >= 11 is 0. The number of piperazine rings is 1. The first kappa shape index (κ1) is 19.4. The van der Waals surface area contributed by atoms with E-state index in [4.69, 9.17) is 0 Å². The summed E-state index contributed by atoms with van der Waals surface area (Å²) < 4.78 is 1.71. The summed E-state index contributed by atoms with van der Waals surface area (Å²) in [5, 5.41) is 4.60. The Balaban J connectivity index is 1.42. The van der Waals surface area contributed by atoms with Crippen LogP contribution in [-0.2, 0) is 13.6 Å². The fourth-order valence-corrected chi connectivity index (χ4v) is 3.82. The van der Waals surface area contributed by atoms with E-state index in [0.717, 1.165) is 44.0 Å². The Morgan fingerprint density at radius 1 is 0.931 bits per heavy atom. The fourth-order valence-electron chi connectivity index (χ4n) is 3.82. The lowest BCUT2D eigenvalue weighted by atomic mass is 10.0. The van der Waals surface area contributed by atoms with Gasteiger partial charge < -0.3 is 4.90 Å². The predicted molar refractivity (Wildman–Crippen MR) is 116 cm³/mol. The molecule has 1 saturated heterocycles. The molecule has 5 nitrogen and oxygen atoms in total. The van der Waals surface area contributed by atoms with Gasteiger partial charge in [-0.2, -0.15) is 5.10 Å². The second-order valence-corrected chi connectivity index (χ2v) is 7.89. The highest BCUT2D eigenvalue weighted by atomic mass is 16.2. The summed E-state index contributed by atoms with van der Waals surface area (Å²) in [4.78, 5) is 17.5. The summed E-state index contributed by atoms with van der Waals surface area (Å²) in [5.41, 5.74) is 6.36. The molecule has 150 valence electrons. The van der Waals surface area contributed by atoms with Crippen molar-refractivity contribution in [2.45, 2.75) is 20.4 Å². The highest BCUT2D eigenvalue weighted by Crippen LogP contribution is 2.23. The lowest BCUT2D eigenvalue weighted by Gasteiger charge is -2.34. The van der Waals surface area contributed by atoms with Gasteiger partial charge in [-0.05, 0) is 42.7 Å². The molecule has 4 rings (SSSR count). The molecule has 0 N–H and O–H groups in total. The minimum atomic E-state index is 0.0643. The first-order chi connectivity index (χ1) is 14.0. The van der Waals surface area contributed by atoms with E-state index in [1.54, 1.807) is 4.68 Å². The molecule has 29 heavy (non-hydrogen) atoms. The Bertz CT molecular complexity index is 1000. The molecular weight excluding hydrogens is 360 g/mol. The topological polar surface area (TPSA) is 41.4 Å². The van der Waals surface area contributed by atoms with E-state index in [1.165, 1.54) is 16.7 Å². The molecule has 0 atom stereocenters. The molecule has 1 aliphatic heterocycles. The van der Waals surface area contributed by atoms with E-state index in [1.807, 2.05) is 24.1 Å². The van der Waals surface area contributed by atoms with Gasteiger partial charge in [0.05, 0.1) is 5.69 Å². The van der Waals surface area contributed by atoms with Gasteiger partial charge >= 0.3 is 0 Å². The maximum absolute atomic E-state index is 13.1. The zero-order valence-electron chi connectivity index (χ0n) is 17.4. The van der Waals surface area contributed by atoms with E-state index in [9.17, 15) is 4.79 Å². The molecule has 3 aromatic rings. The molecule has 0 spiro atoms. The van der Waals surface area contributed by atoms with Crippen LogP contribution in [-0.4, -0.2) is 51.7 Å². The second kappa shape index (κ2) is 8.21. The van der Waals surface area contributed by atoms with Crippen LogP contribution in [0.4, 0.5) is 0 Å². The Kier molecular flexibility index (Phi) is 5.49. The maximum Gasteiger partial charge on any atom is 0.272 e. The van der Waals surface area contributed by atoms with Crippen molar-refractivity contribution in [3.8, 4) is 11.3 Å². The molecule has 0 aliphatic carbocycles. The van der Waals surface area contributed by atoms with Crippen molar-refractivity contribution >= 4 is 5.91 Å². The van der Waals surface area contributed by atoms with Crippen LogP contribution in [0, 0.1) is 13.8 Å². The number of aromatic nitrogens is 2. The molecule has 5 heteroatoms. The fraction of sp³-hybridized carbons (Fsp3) is 0.333. The summed E-state index contributed by atoms with van der Waals surface area (Å²) in [6, 6.07) is 18.7. The van der Waals surface area contributed by atoms with Crippen molar-refractivity contribution in [2.24, 2.45) is 7.05 Å². The average molecular weight is 389 g/mol. The van der Waals surface area contributed by atoms with Crippen molar-refractivity contribution < 1.29 is 4.79 Å². The van der Waals surface area contributed by atoms with Gasteiger partial charge in [-0.15, -0.1) is 0 Å². The van der Waals surface area contributed by atoms with Gasteiger partial charge in [-0.25, -0.2) is 0 Å². The predicted octanol–water partition coefficient (Wildman–Crippen LogP) is 3.66. The standard InChI is InChI=1S/C24H28N4O/c1-18-9-10-21(15-19(18)2)22-16-23(26(3)25-22)24(29)28-13-11-27(12-14-28)17-20-7-5-4-6-8-20/h4-10,15-16H,11-14,17H2,1-3H3. The Morgan fingerprint density at radius 3 is 2.34 bits per heavy atom. The largest absolute Gasteiger partial charge is 0.335 e. The third-order valence-electron chi connectivity index (χ3n) is 5.81. The molecule has 0 saturated carbocycles. The monoisotopic (exact) mass is 388 g/mol. The van der Waals surface area contributed by atoms with Gasteiger partial charge in [-0.1, -0.05) is 42.5 Å². The first-order valence-corrected chi connectivity index (χ1v) is 10.2. The average Bonchev–Trinajstić information content (AvgIpc) is 3.12. The highest BCUT2D eigenvalue weighted by molar-refractivity contribution is 5.93. The summed E-state index contributed by atoms with van der Waals surface area (Å²) in [6.45, 7) is 8.41. The number of hydrogen-bond donors (Lipinski definition) is 0. The third kappa shape index (κ3) is 4.25. The minimum absolute atomic E-state index is 0.0643. The molecule has 1 aromatic heterocycles. The molecule has 0 unspecified atom stereocenters. The van der Waals surface area contributed by atoms with Crippen LogP contribution >= 0.6 is 0 Å². The van der Waals surface area contributed by atoms with Gasteiger partial charge in [0, 0.05) is 45.3 Å². The second-order valence-electron chi connectivity index (χ2n) is 7.89. The number of aryl methyl sites for hydroxylation is 3. The normalized spacial score (nSPS) is 14.9. The molecular formula is C24H28N4O. The number of hydrogen-bond acceptors (Lipinski definition) is 3. The van der Waals surface area contributed by atoms with Gasteiger partial charge in [0.15, 0.2) is 0 Å². The molecule has 2 heterocycles. The van der Waals surface area contributed by atoms with Gasteiger partial charge in [0.25, 0.3) is 5.91 Å². The lowest BCUT2D eigenvalue weighted by Crippen LogP contribution is -2.48. The summed E-state index contributed by atoms with van der Waals surface area (Å²) in [7, 11) is 1.85. The zero-order chi connectivity index (χ0) is 20.4. The van der Waals surface area contributed by atoms with Crippen LogP contribution in [0.15, 0.2) is 54.6 Å². The van der Waals surface area contributed by atoms with Crippen LogP contribution in [0.25, 0.3) is 11.3 Å². The number of carbonyl (C=O) groups excluding carboxylic acids is 1.